The number of benzene rings is 1. The molecule has 0 radical (unpaired) electrons. The predicted molar refractivity (Wildman–Crippen MR) is 95.5 cm³/mol. The number of carbonyl (C=O) groups excluding carboxylic acids is 2. The van der Waals surface area contributed by atoms with E-state index in [0.29, 0.717) is 16.5 Å². The predicted octanol–water partition coefficient (Wildman–Crippen LogP) is 4.06. The number of amides is 1. The van der Waals surface area contributed by atoms with E-state index in [4.69, 9.17) is 4.74 Å². The first-order chi connectivity index (χ1) is 11.5. The quantitative estimate of drug-likeness (QED) is 0.852. The van der Waals surface area contributed by atoms with E-state index in [-0.39, 0.29) is 5.91 Å². The maximum Gasteiger partial charge on any atom is 0.349 e. The third-order valence-electron chi connectivity index (χ3n) is 4.22. The Labute approximate surface area is 145 Å². The van der Waals surface area contributed by atoms with Crippen molar-refractivity contribution in [2.45, 2.75) is 39.2 Å². The first kappa shape index (κ1) is 16.7. The lowest BCUT2D eigenvalue weighted by atomic mass is 9.90. The largest absolute Gasteiger partial charge is 0.448 e. The summed E-state index contributed by atoms with van der Waals surface area (Å²) in [6, 6.07) is 11.1. The summed E-state index contributed by atoms with van der Waals surface area (Å²) in [6.07, 6.45) is 2.37. The number of esters is 1. The number of fused-ring (bicyclic) bond motifs is 1. The fourth-order valence-corrected chi connectivity index (χ4v) is 3.94. The number of para-hydroxylation sites is 1. The first-order valence-corrected chi connectivity index (χ1v) is 9.03. The van der Waals surface area contributed by atoms with Gasteiger partial charge in [-0.25, -0.2) is 4.79 Å². The minimum atomic E-state index is -0.837. The number of rotatable bonds is 4. The highest BCUT2D eigenvalue weighted by Crippen LogP contribution is 2.32. The number of aryl methyl sites for hydroxylation is 1. The maximum atomic E-state index is 12.3. The molecule has 1 aromatic heterocycles. The van der Waals surface area contributed by atoms with Crippen LogP contribution in [0.3, 0.4) is 0 Å². The molecule has 1 heterocycles. The van der Waals surface area contributed by atoms with E-state index in [9.17, 15) is 9.59 Å². The van der Waals surface area contributed by atoms with Crippen LogP contribution in [0.1, 0.15) is 40.4 Å². The van der Waals surface area contributed by atoms with Crippen molar-refractivity contribution in [2.24, 2.45) is 5.92 Å². The average molecular weight is 343 g/mol. The molecule has 0 spiro atoms. The Bertz CT molecular complexity index is 738. The van der Waals surface area contributed by atoms with E-state index in [1.165, 1.54) is 21.8 Å². The van der Waals surface area contributed by atoms with Crippen LogP contribution < -0.4 is 5.32 Å². The van der Waals surface area contributed by atoms with E-state index < -0.39 is 12.1 Å². The molecule has 0 bridgehead atoms. The van der Waals surface area contributed by atoms with E-state index in [1.807, 2.05) is 24.3 Å². The Morgan fingerprint density at radius 2 is 2.04 bits per heavy atom. The molecule has 2 aromatic rings. The second-order valence-electron chi connectivity index (χ2n) is 6.31. The Balaban J connectivity index is 1.61. The summed E-state index contributed by atoms with van der Waals surface area (Å²) < 4.78 is 5.33. The summed E-state index contributed by atoms with van der Waals surface area (Å²) in [5.74, 6) is -0.0891. The molecule has 5 heteroatoms. The Morgan fingerprint density at radius 3 is 2.79 bits per heavy atom. The third kappa shape index (κ3) is 3.85. The molecule has 126 valence electrons. The molecule has 1 aliphatic carbocycles. The number of nitrogens with one attached hydrogen (secondary N) is 1. The molecule has 0 fully saturated rings. The van der Waals surface area contributed by atoms with Crippen LogP contribution in [0.4, 0.5) is 5.69 Å². The highest BCUT2D eigenvalue weighted by molar-refractivity contribution is 7.14. The van der Waals surface area contributed by atoms with Crippen molar-refractivity contribution in [3.05, 3.63) is 51.7 Å². The Hall–Kier alpha value is -2.14. The number of thiophene rings is 1. The summed E-state index contributed by atoms with van der Waals surface area (Å²) in [5, 5.41) is 2.74. The second-order valence-corrected chi connectivity index (χ2v) is 7.45. The Morgan fingerprint density at radius 1 is 1.29 bits per heavy atom. The molecule has 4 nitrogen and oxygen atoms in total. The van der Waals surface area contributed by atoms with Gasteiger partial charge in [-0.2, -0.15) is 0 Å². The highest BCUT2D eigenvalue weighted by Gasteiger charge is 2.24. The van der Waals surface area contributed by atoms with Gasteiger partial charge in [-0.3, -0.25) is 4.79 Å². The van der Waals surface area contributed by atoms with Gasteiger partial charge in [-0.05, 0) is 55.9 Å². The van der Waals surface area contributed by atoms with Gasteiger partial charge in [-0.15, -0.1) is 11.3 Å². The lowest BCUT2D eigenvalue weighted by Gasteiger charge is -2.16. The van der Waals surface area contributed by atoms with Gasteiger partial charge in [0.25, 0.3) is 5.91 Å². The van der Waals surface area contributed by atoms with Crippen LogP contribution in [0.15, 0.2) is 36.4 Å². The maximum absolute atomic E-state index is 12.3. The summed E-state index contributed by atoms with van der Waals surface area (Å²) >= 11 is 1.50. The van der Waals surface area contributed by atoms with Gasteiger partial charge in [0.15, 0.2) is 6.10 Å². The Kier molecular flexibility index (Phi) is 5.00. The number of anilines is 1. The van der Waals surface area contributed by atoms with Crippen LogP contribution in [0.2, 0.25) is 0 Å². The topological polar surface area (TPSA) is 55.4 Å². The zero-order valence-corrected chi connectivity index (χ0v) is 14.7. The van der Waals surface area contributed by atoms with E-state index in [2.05, 4.69) is 12.2 Å². The van der Waals surface area contributed by atoms with Crippen LogP contribution >= 0.6 is 11.3 Å². The molecule has 0 saturated heterocycles. The van der Waals surface area contributed by atoms with Gasteiger partial charge in [0.2, 0.25) is 0 Å². The van der Waals surface area contributed by atoms with Crippen molar-refractivity contribution >= 4 is 28.9 Å². The van der Waals surface area contributed by atoms with Crippen molar-refractivity contribution in [1.82, 2.24) is 0 Å². The normalized spacial score (nSPS) is 17.7. The lowest BCUT2D eigenvalue weighted by Crippen LogP contribution is -2.29. The molecular weight excluding hydrogens is 322 g/mol. The van der Waals surface area contributed by atoms with Crippen molar-refractivity contribution in [2.75, 3.05) is 5.32 Å². The van der Waals surface area contributed by atoms with Crippen molar-refractivity contribution in [3.8, 4) is 0 Å². The van der Waals surface area contributed by atoms with Gasteiger partial charge in [0.05, 0.1) is 0 Å². The summed E-state index contributed by atoms with van der Waals surface area (Å²) in [7, 11) is 0. The molecule has 2 atom stereocenters. The summed E-state index contributed by atoms with van der Waals surface area (Å²) in [5.41, 5.74) is 1.94. The molecule has 1 N–H and O–H groups in total. The van der Waals surface area contributed by atoms with E-state index in [1.54, 1.807) is 19.1 Å². The van der Waals surface area contributed by atoms with Crippen molar-refractivity contribution in [3.63, 3.8) is 0 Å². The number of hydrogen-bond acceptors (Lipinski definition) is 4. The third-order valence-corrected chi connectivity index (χ3v) is 5.44. The van der Waals surface area contributed by atoms with Crippen LogP contribution in [-0.2, 0) is 22.4 Å². The fraction of sp³-hybridized carbons (Fsp3) is 0.368. The van der Waals surface area contributed by atoms with Crippen LogP contribution in [-0.4, -0.2) is 18.0 Å². The molecule has 1 amide bonds. The van der Waals surface area contributed by atoms with Gasteiger partial charge in [0, 0.05) is 10.6 Å². The molecular formula is C19H21NO3S. The van der Waals surface area contributed by atoms with Crippen molar-refractivity contribution in [1.29, 1.82) is 0 Å². The van der Waals surface area contributed by atoms with Gasteiger partial charge in [-0.1, -0.05) is 25.1 Å². The lowest BCUT2D eigenvalue weighted by molar-refractivity contribution is -0.123. The summed E-state index contributed by atoms with van der Waals surface area (Å²) in [4.78, 5) is 26.3. The molecule has 3 rings (SSSR count). The van der Waals surface area contributed by atoms with Crippen molar-refractivity contribution < 1.29 is 14.3 Å². The molecule has 0 saturated carbocycles. The van der Waals surface area contributed by atoms with Crippen LogP contribution in [0.5, 0.6) is 0 Å². The van der Waals surface area contributed by atoms with E-state index in [0.717, 1.165) is 19.3 Å². The van der Waals surface area contributed by atoms with Gasteiger partial charge < -0.3 is 10.1 Å². The van der Waals surface area contributed by atoms with E-state index >= 15 is 0 Å². The average Bonchev–Trinajstić information content (AvgIpc) is 2.99. The first-order valence-electron chi connectivity index (χ1n) is 8.21. The second kappa shape index (κ2) is 7.18. The zero-order chi connectivity index (χ0) is 17.1. The monoisotopic (exact) mass is 343 g/mol. The molecule has 1 aliphatic rings. The summed E-state index contributed by atoms with van der Waals surface area (Å²) in [6.45, 7) is 3.82. The number of carbonyl (C=O) groups is 2. The SMILES string of the molecule is C[C@@H]1CCc2sc(C(=O)O[C@@H](C)C(=O)Nc3ccccc3)cc2C1. The van der Waals surface area contributed by atoms with Crippen LogP contribution in [0.25, 0.3) is 0 Å². The minimum Gasteiger partial charge on any atom is -0.448 e. The van der Waals surface area contributed by atoms with Gasteiger partial charge in [0.1, 0.15) is 4.88 Å². The highest BCUT2D eigenvalue weighted by atomic mass is 32.1. The fourth-order valence-electron chi connectivity index (χ4n) is 2.84. The molecule has 24 heavy (non-hydrogen) atoms. The molecule has 0 unspecified atom stereocenters. The minimum absolute atomic E-state index is 0.329. The number of ether oxygens (including phenoxy) is 1. The molecule has 1 aromatic carbocycles. The zero-order valence-electron chi connectivity index (χ0n) is 13.9. The smallest absolute Gasteiger partial charge is 0.349 e. The van der Waals surface area contributed by atoms with Gasteiger partial charge >= 0.3 is 5.97 Å². The van der Waals surface area contributed by atoms with Crippen LogP contribution in [0, 0.1) is 5.92 Å². The number of hydrogen-bond donors (Lipinski definition) is 1. The standard InChI is InChI=1S/C19H21NO3S/c1-12-8-9-16-14(10-12)11-17(24-16)19(22)23-13(2)18(21)20-15-6-4-3-5-7-15/h3-7,11-13H,8-10H2,1-2H3,(H,20,21)/t12-,13+/m1/s1. The molecule has 0 aliphatic heterocycles.